The van der Waals surface area contributed by atoms with E-state index in [2.05, 4.69) is 25.9 Å². The molecule has 94 valence electrons. The zero-order chi connectivity index (χ0) is 13.1. The second-order valence-corrected chi connectivity index (χ2v) is 4.81. The number of halogens is 1. The molecule has 0 radical (unpaired) electrons. The molecule has 0 bridgehead atoms. The van der Waals surface area contributed by atoms with E-state index in [0.717, 1.165) is 21.2 Å². The zero-order valence-electron chi connectivity index (χ0n) is 9.51. The van der Waals surface area contributed by atoms with E-state index < -0.39 is 0 Å². The highest BCUT2D eigenvalue weighted by molar-refractivity contribution is 9.10. The molecule has 0 saturated heterocycles. The van der Waals surface area contributed by atoms with Crippen molar-refractivity contribution in [1.82, 2.24) is 9.97 Å². The van der Waals surface area contributed by atoms with Crippen LogP contribution in [0.25, 0.3) is 11.0 Å². The SMILES string of the molecule is NCCN(C(N)=S)c1ccc2nccnc2c1Br. The molecule has 1 aromatic carbocycles. The van der Waals surface area contributed by atoms with Crippen LogP contribution in [0, 0.1) is 0 Å². The monoisotopic (exact) mass is 325 g/mol. The summed E-state index contributed by atoms with van der Waals surface area (Å²) in [4.78, 5) is 10.3. The molecule has 2 aromatic rings. The molecule has 0 amide bonds. The van der Waals surface area contributed by atoms with E-state index in [9.17, 15) is 0 Å². The van der Waals surface area contributed by atoms with Crippen LogP contribution in [0.5, 0.6) is 0 Å². The summed E-state index contributed by atoms with van der Waals surface area (Å²) in [5.41, 5.74) is 13.7. The molecule has 0 aliphatic rings. The fourth-order valence-electron chi connectivity index (χ4n) is 1.68. The fourth-order valence-corrected chi connectivity index (χ4v) is 2.52. The maximum atomic E-state index is 5.71. The standard InChI is InChI=1S/C11H12BrN5S/c12-9-8(17(6-3-13)11(14)18)2-1-7-10(9)16-5-4-15-7/h1-2,4-5H,3,6,13H2,(H2,14,18). The Morgan fingerprint density at radius 2 is 2.06 bits per heavy atom. The Morgan fingerprint density at radius 1 is 1.33 bits per heavy atom. The largest absolute Gasteiger partial charge is 0.376 e. The molecule has 18 heavy (non-hydrogen) atoms. The van der Waals surface area contributed by atoms with Crippen LogP contribution in [0.2, 0.25) is 0 Å². The predicted molar refractivity (Wildman–Crippen MR) is 80.4 cm³/mol. The van der Waals surface area contributed by atoms with Crippen LogP contribution in [0.4, 0.5) is 5.69 Å². The van der Waals surface area contributed by atoms with Gasteiger partial charge in [0, 0.05) is 25.5 Å². The van der Waals surface area contributed by atoms with Crippen molar-refractivity contribution in [2.75, 3.05) is 18.0 Å². The number of anilines is 1. The van der Waals surface area contributed by atoms with Gasteiger partial charge in [-0.3, -0.25) is 9.97 Å². The lowest BCUT2D eigenvalue weighted by Gasteiger charge is -2.23. The molecule has 0 saturated carbocycles. The molecule has 1 aromatic heterocycles. The third-order valence-corrected chi connectivity index (χ3v) is 3.47. The lowest BCUT2D eigenvalue weighted by atomic mass is 10.2. The number of rotatable bonds is 3. The van der Waals surface area contributed by atoms with Gasteiger partial charge >= 0.3 is 0 Å². The molecule has 0 fully saturated rings. The number of nitrogens with zero attached hydrogens (tertiary/aromatic N) is 3. The first-order valence-electron chi connectivity index (χ1n) is 5.31. The van der Waals surface area contributed by atoms with E-state index in [1.165, 1.54) is 0 Å². The van der Waals surface area contributed by atoms with Crippen molar-refractivity contribution < 1.29 is 0 Å². The van der Waals surface area contributed by atoms with Crippen LogP contribution in [-0.4, -0.2) is 28.2 Å². The number of hydrogen-bond acceptors (Lipinski definition) is 4. The lowest BCUT2D eigenvalue weighted by Crippen LogP contribution is -2.39. The number of benzene rings is 1. The van der Waals surface area contributed by atoms with Crippen molar-refractivity contribution in [3.8, 4) is 0 Å². The topological polar surface area (TPSA) is 81.1 Å². The van der Waals surface area contributed by atoms with Gasteiger partial charge in [0.25, 0.3) is 0 Å². The first-order valence-corrected chi connectivity index (χ1v) is 6.51. The summed E-state index contributed by atoms with van der Waals surface area (Å²) in [5, 5.41) is 0.282. The van der Waals surface area contributed by atoms with Gasteiger partial charge in [-0.05, 0) is 40.3 Å². The summed E-state index contributed by atoms with van der Waals surface area (Å²) in [5.74, 6) is 0. The van der Waals surface area contributed by atoms with E-state index >= 15 is 0 Å². The van der Waals surface area contributed by atoms with E-state index in [1.807, 2.05) is 12.1 Å². The van der Waals surface area contributed by atoms with Gasteiger partial charge in [-0.2, -0.15) is 0 Å². The minimum absolute atomic E-state index is 0.282. The second kappa shape index (κ2) is 5.55. The highest BCUT2D eigenvalue weighted by atomic mass is 79.9. The Balaban J connectivity index is 2.56. The minimum Gasteiger partial charge on any atom is -0.376 e. The summed E-state index contributed by atoms with van der Waals surface area (Å²) >= 11 is 8.56. The van der Waals surface area contributed by atoms with Crippen molar-refractivity contribution in [2.24, 2.45) is 11.5 Å². The average molecular weight is 326 g/mol. The van der Waals surface area contributed by atoms with Gasteiger partial charge < -0.3 is 16.4 Å². The number of fused-ring (bicyclic) bond motifs is 1. The summed E-state index contributed by atoms with van der Waals surface area (Å²) in [6.45, 7) is 1.02. The van der Waals surface area contributed by atoms with Crippen LogP contribution in [0.3, 0.4) is 0 Å². The molecule has 0 aliphatic heterocycles. The lowest BCUT2D eigenvalue weighted by molar-refractivity contribution is 0.942. The van der Waals surface area contributed by atoms with Gasteiger partial charge in [0.1, 0.15) is 5.52 Å². The fraction of sp³-hybridized carbons (Fsp3) is 0.182. The van der Waals surface area contributed by atoms with Crippen LogP contribution < -0.4 is 16.4 Å². The smallest absolute Gasteiger partial charge is 0.170 e. The second-order valence-electron chi connectivity index (χ2n) is 3.60. The molecular weight excluding hydrogens is 314 g/mol. The van der Waals surface area contributed by atoms with Crippen molar-refractivity contribution in [3.05, 3.63) is 29.0 Å². The molecule has 0 unspecified atom stereocenters. The molecule has 4 N–H and O–H groups in total. The third-order valence-electron chi connectivity index (χ3n) is 2.47. The predicted octanol–water partition coefficient (Wildman–Crippen LogP) is 1.40. The van der Waals surface area contributed by atoms with Crippen LogP contribution >= 0.6 is 28.1 Å². The summed E-state index contributed by atoms with van der Waals surface area (Å²) in [6.07, 6.45) is 3.30. The minimum atomic E-state index is 0.282. The van der Waals surface area contributed by atoms with Crippen molar-refractivity contribution in [3.63, 3.8) is 0 Å². The number of nitrogens with two attached hydrogens (primary N) is 2. The molecule has 7 heteroatoms. The first-order chi connectivity index (χ1) is 8.65. The Hall–Kier alpha value is -1.31. The summed E-state index contributed by atoms with van der Waals surface area (Å²) < 4.78 is 0.814. The van der Waals surface area contributed by atoms with Crippen molar-refractivity contribution in [1.29, 1.82) is 0 Å². The Labute approximate surface area is 118 Å². The maximum absolute atomic E-state index is 5.71. The molecule has 0 spiro atoms. The number of aromatic nitrogens is 2. The summed E-state index contributed by atoms with van der Waals surface area (Å²) in [6, 6.07) is 3.78. The Kier molecular flexibility index (Phi) is 4.05. The normalized spacial score (nSPS) is 10.6. The maximum Gasteiger partial charge on any atom is 0.170 e. The van der Waals surface area contributed by atoms with E-state index in [1.54, 1.807) is 17.3 Å². The molecule has 2 rings (SSSR count). The molecule has 0 atom stereocenters. The highest BCUT2D eigenvalue weighted by Gasteiger charge is 2.14. The first kappa shape index (κ1) is 13.1. The van der Waals surface area contributed by atoms with E-state index in [0.29, 0.717) is 13.1 Å². The van der Waals surface area contributed by atoms with Crippen molar-refractivity contribution in [2.45, 2.75) is 0 Å². The van der Waals surface area contributed by atoms with Gasteiger partial charge in [-0.25, -0.2) is 0 Å². The zero-order valence-corrected chi connectivity index (χ0v) is 11.9. The molecule has 0 aliphatic carbocycles. The number of thiocarbonyl (C=S) groups is 1. The number of hydrogen-bond donors (Lipinski definition) is 2. The molecular formula is C11H12BrN5S. The Morgan fingerprint density at radius 3 is 2.72 bits per heavy atom. The van der Waals surface area contributed by atoms with Gasteiger partial charge in [-0.1, -0.05) is 0 Å². The van der Waals surface area contributed by atoms with Gasteiger partial charge in [0.2, 0.25) is 0 Å². The van der Waals surface area contributed by atoms with Gasteiger partial charge in [-0.15, -0.1) is 0 Å². The van der Waals surface area contributed by atoms with Crippen LogP contribution in [-0.2, 0) is 0 Å². The average Bonchev–Trinajstić information content (AvgIpc) is 2.37. The molecule has 1 heterocycles. The highest BCUT2D eigenvalue weighted by Crippen LogP contribution is 2.31. The van der Waals surface area contributed by atoms with Gasteiger partial charge in [0.05, 0.1) is 15.7 Å². The van der Waals surface area contributed by atoms with Gasteiger partial charge in [0.15, 0.2) is 5.11 Å². The van der Waals surface area contributed by atoms with Crippen molar-refractivity contribution >= 4 is 50.0 Å². The quantitative estimate of drug-likeness (QED) is 0.830. The third kappa shape index (κ3) is 2.43. The van der Waals surface area contributed by atoms with Crippen LogP contribution in [0.1, 0.15) is 0 Å². The van der Waals surface area contributed by atoms with E-state index in [4.69, 9.17) is 23.7 Å². The summed E-state index contributed by atoms with van der Waals surface area (Å²) in [7, 11) is 0. The Bertz CT molecular complexity index is 589. The van der Waals surface area contributed by atoms with E-state index in [-0.39, 0.29) is 5.11 Å². The molecule has 5 nitrogen and oxygen atoms in total. The van der Waals surface area contributed by atoms with Crippen LogP contribution in [0.15, 0.2) is 29.0 Å².